The third kappa shape index (κ3) is 2.05. The molecule has 1 saturated heterocycles. The first-order valence-corrected chi connectivity index (χ1v) is 4.33. The van der Waals surface area contributed by atoms with Crippen LogP contribution in [-0.4, -0.2) is 24.6 Å². The van der Waals surface area contributed by atoms with Gasteiger partial charge in [0.25, 0.3) is 0 Å². The lowest BCUT2D eigenvalue weighted by Crippen LogP contribution is -2.20. The fraction of sp³-hybridized carbons (Fsp3) is 1.00. The molecule has 1 N–H and O–H groups in total. The van der Waals surface area contributed by atoms with Crippen molar-refractivity contribution in [3.05, 3.63) is 0 Å². The van der Waals surface area contributed by atoms with Gasteiger partial charge in [-0.1, -0.05) is 6.92 Å². The van der Waals surface area contributed by atoms with Crippen molar-refractivity contribution in [1.29, 1.82) is 0 Å². The van der Waals surface area contributed by atoms with Gasteiger partial charge in [-0.15, -0.1) is 0 Å². The van der Waals surface area contributed by atoms with Crippen molar-refractivity contribution in [1.82, 2.24) is 5.32 Å². The maximum Gasteiger partial charge on any atom is 0.00582 e. The van der Waals surface area contributed by atoms with E-state index in [-0.39, 0.29) is 0 Å². The highest BCUT2D eigenvalue weighted by atomic mass is 32.2. The Kier molecular flexibility index (Phi) is 2.70. The summed E-state index contributed by atoms with van der Waals surface area (Å²) in [5.74, 6) is 3.51. The molecule has 48 valence electrons. The van der Waals surface area contributed by atoms with Gasteiger partial charge < -0.3 is 5.32 Å². The van der Waals surface area contributed by atoms with E-state index < -0.39 is 0 Å². The van der Waals surface area contributed by atoms with Gasteiger partial charge in [-0.25, -0.2) is 0 Å². The zero-order chi connectivity index (χ0) is 5.82. The van der Waals surface area contributed by atoms with Crippen LogP contribution in [0, 0.1) is 5.92 Å². The van der Waals surface area contributed by atoms with Gasteiger partial charge in [-0.2, -0.15) is 11.8 Å². The molecular formula is C6H13NS. The molecular weight excluding hydrogens is 118 g/mol. The molecule has 1 rings (SSSR count). The average molecular weight is 131 g/mol. The maximum absolute atomic E-state index is 3.38. The molecule has 0 aliphatic carbocycles. The van der Waals surface area contributed by atoms with Gasteiger partial charge in [0, 0.05) is 12.3 Å². The SMILES string of the molecule is C[C@@H]1CNCCSC1. The highest BCUT2D eigenvalue weighted by Gasteiger charge is 2.04. The van der Waals surface area contributed by atoms with Crippen molar-refractivity contribution in [2.24, 2.45) is 5.92 Å². The minimum atomic E-state index is 0.877. The molecule has 8 heavy (non-hydrogen) atoms. The number of nitrogens with one attached hydrogen (secondary N) is 1. The fourth-order valence-corrected chi connectivity index (χ4v) is 1.81. The molecule has 0 amide bonds. The largest absolute Gasteiger partial charge is 0.316 e. The number of hydrogen-bond acceptors (Lipinski definition) is 2. The van der Waals surface area contributed by atoms with E-state index in [0.717, 1.165) is 5.92 Å². The van der Waals surface area contributed by atoms with E-state index >= 15 is 0 Å². The number of hydrogen-bond donors (Lipinski definition) is 1. The van der Waals surface area contributed by atoms with Gasteiger partial charge in [0.05, 0.1) is 0 Å². The van der Waals surface area contributed by atoms with Gasteiger partial charge in [-0.3, -0.25) is 0 Å². The molecule has 0 aromatic rings. The van der Waals surface area contributed by atoms with Crippen molar-refractivity contribution < 1.29 is 0 Å². The molecule has 1 heterocycles. The van der Waals surface area contributed by atoms with Crippen LogP contribution < -0.4 is 5.32 Å². The summed E-state index contributed by atoms with van der Waals surface area (Å²) in [7, 11) is 0. The number of thioether (sulfide) groups is 1. The van der Waals surface area contributed by atoms with Crippen LogP contribution in [0.25, 0.3) is 0 Å². The van der Waals surface area contributed by atoms with Gasteiger partial charge in [0.1, 0.15) is 0 Å². The molecule has 1 aliphatic heterocycles. The van der Waals surface area contributed by atoms with Crippen LogP contribution in [0.3, 0.4) is 0 Å². The van der Waals surface area contributed by atoms with E-state index in [1.807, 2.05) is 0 Å². The van der Waals surface area contributed by atoms with E-state index in [2.05, 4.69) is 24.0 Å². The lowest BCUT2D eigenvalue weighted by atomic mass is 10.2. The molecule has 0 saturated carbocycles. The first kappa shape index (κ1) is 6.43. The molecule has 1 fully saturated rings. The van der Waals surface area contributed by atoms with Gasteiger partial charge in [-0.05, 0) is 18.2 Å². The first-order valence-electron chi connectivity index (χ1n) is 3.18. The summed E-state index contributed by atoms with van der Waals surface area (Å²) in [5.41, 5.74) is 0. The molecule has 1 aliphatic rings. The highest BCUT2D eigenvalue weighted by molar-refractivity contribution is 7.99. The second-order valence-electron chi connectivity index (χ2n) is 2.38. The first-order chi connectivity index (χ1) is 3.89. The van der Waals surface area contributed by atoms with Gasteiger partial charge in [0.2, 0.25) is 0 Å². The normalized spacial score (nSPS) is 31.9. The highest BCUT2D eigenvalue weighted by Crippen LogP contribution is 2.08. The number of rotatable bonds is 0. The summed E-state index contributed by atoms with van der Waals surface area (Å²) in [6.07, 6.45) is 0. The molecule has 0 aromatic carbocycles. The van der Waals surface area contributed by atoms with Crippen molar-refractivity contribution in [2.45, 2.75) is 6.92 Å². The van der Waals surface area contributed by atoms with E-state index in [9.17, 15) is 0 Å². The summed E-state index contributed by atoms with van der Waals surface area (Å²) in [4.78, 5) is 0. The molecule has 1 atom stereocenters. The topological polar surface area (TPSA) is 12.0 Å². The zero-order valence-corrected chi connectivity index (χ0v) is 6.13. The van der Waals surface area contributed by atoms with Gasteiger partial charge in [0.15, 0.2) is 0 Å². The van der Waals surface area contributed by atoms with Gasteiger partial charge >= 0.3 is 0 Å². The zero-order valence-electron chi connectivity index (χ0n) is 5.31. The summed E-state index contributed by atoms with van der Waals surface area (Å²) in [5, 5.41) is 3.38. The van der Waals surface area contributed by atoms with Crippen molar-refractivity contribution in [3.63, 3.8) is 0 Å². The van der Waals surface area contributed by atoms with Crippen LogP contribution >= 0.6 is 11.8 Å². The van der Waals surface area contributed by atoms with Crippen LogP contribution in [0.5, 0.6) is 0 Å². The van der Waals surface area contributed by atoms with Crippen LogP contribution in [-0.2, 0) is 0 Å². The van der Waals surface area contributed by atoms with Crippen molar-refractivity contribution in [2.75, 3.05) is 24.6 Å². The summed E-state index contributed by atoms with van der Waals surface area (Å²) >= 11 is 2.06. The monoisotopic (exact) mass is 131 g/mol. The molecule has 2 heteroatoms. The molecule has 0 bridgehead atoms. The van der Waals surface area contributed by atoms with E-state index in [1.54, 1.807) is 0 Å². The third-order valence-corrected chi connectivity index (χ3v) is 2.62. The molecule has 0 radical (unpaired) electrons. The predicted molar refractivity (Wildman–Crippen MR) is 39.4 cm³/mol. The van der Waals surface area contributed by atoms with E-state index in [4.69, 9.17) is 0 Å². The Labute approximate surface area is 55.2 Å². The lowest BCUT2D eigenvalue weighted by Gasteiger charge is -2.03. The molecule has 0 unspecified atom stereocenters. The van der Waals surface area contributed by atoms with Crippen LogP contribution in [0.2, 0.25) is 0 Å². The van der Waals surface area contributed by atoms with Crippen LogP contribution in [0.15, 0.2) is 0 Å². The Bertz CT molecular complexity index is 57.5. The Morgan fingerprint density at radius 1 is 1.62 bits per heavy atom. The van der Waals surface area contributed by atoms with E-state index in [0.29, 0.717) is 0 Å². The Morgan fingerprint density at radius 3 is 3.38 bits per heavy atom. The average Bonchev–Trinajstić information content (AvgIpc) is 1.94. The summed E-state index contributed by atoms with van der Waals surface area (Å²) in [6, 6.07) is 0. The summed E-state index contributed by atoms with van der Waals surface area (Å²) in [6.45, 7) is 4.72. The quantitative estimate of drug-likeness (QED) is 0.525. The second-order valence-corrected chi connectivity index (χ2v) is 3.53. The summed E-state index contributed by atoms with van der Waals surface area (Å²) < 4.78 is 0. The van der Waals surface area contributed by atoms with E-state index in [1.165, 1.54) is 24.6 Å². The standard InChI is InChI=1S/C6H13NS/c1-6-4-7-2-3-8-5-6/h6-7H,2-5H2,1H3/t6-/m1/s1. The fourth-order valence-electron chi connectivity index (χ4n) is 0.836. The molecule has 0 aromatic heterocycles. The lowest BCUT2D eigenvalue weighted by molar-refractivity contribution is 0.586. The minimum absolute atomic E-state index is 0.877. The minimum Gasteiger partial charge on any atom is -0.316 e. The molecule has 0 spiro atoms. The predicted octanol–water partition coefficient (Wildman–Crippen LogP) is 0.959. The smallest absolute Gasteiger partial charge is 0.00582 e. The van der Waals surface area contributed by atoms with Crippen molar-refractivity contribution in [3.8, 4) is 0 Å². The Hall–Kier alpha value is 0.310. The maximum atomic E-state index is 3.38. The molecule has 1 nitrogen and oxygen atoms in total. The van der Waals surface area contributed by atoms with Crippen molar-refractivity contribution >= 4 is 11.8 Å². The Balaban J connectivity index is 2.17. The van der Waals surface area contributed by atoms with Crippen LogP contribution in [0.4, 0.5) is 0 Å². The van der Waals surface area contributed by atoms with Crippen LogP contribution in [0.1, 0.15) is 6.92 Å². The second kappa shape index (κ2) is 3.36. The Morgan fingerprint density at radius 2 is 2.50 bits per heavy atom. The third-order valence-electron chi connectivity index (χ3n) is 1.32.